The van der Waals surface area contributed by atoms with Crippen LogP contribution < -0.4 is 15.2 Å². The van der Waals surface area contributed by atoms with Crippen molar-refractivity contribution in [3.8, 4) is 17.4 Å². The van der Waals surface area contributed by atoms with Crippen LogP contribution in [0.25, 0.3) is 16.4 Å². The maximum Gasteiger partial charge on any atom is 0.323 e. The van der Waals surface area contributed by atoms with Gasteiger partial charge in [0.05, 0.1) is 12.8 Å². The fourth-order valence-corrected chi connectivity index (χ4v) is 3.40. The van der Waals surface area contributed by atoms with Crippen LogP contribution in [0.2, 0.25) is 0 Å². The number of ether oxygens (including phenoxy) is 2. The van der Waals surface area contributed by atoms with Crippen molar-refractivity contribution < 1.29 is 23.8 Å². The van der Waals surface area contributed by atoms with Crippen LogP contribution in [0, 0.1) is 25.6 Å². The molecular formula is C22H24FN5O4. The van der Waals surface area contributed by atoms with Gasteiger partial charge in [-0.15, -0.1) is 0 Å². The van der Waals surface area contributed by atoms with Gasteiger partial charge in [0.25, 0.3) is 0 Å². The van der Waals surface area contributed by atoms with Crippen LogP contribution in [-0.4, -0.2) is 42.8 Å². The van der Waals surface area contributed by atoms with Crippen LogP contribution in [0.5, 0.6) is 17.4 Å². The maximum atomic E-state index is 15.0. The number of aliphatic carboxylic acids is 1. The van der Waals surface area contributed by atoms with E-state index in [2.05, 4.69) is 15.1 Å². The highest BCUT2D eigenvalue weighted by molar-refractivity contribution is 5.83. The molecule has 4 aromatic rings. The Morgan fingerprint density at radius 3 is 2.84 bits per heavy atom. The SMILES string of the molecule is Cc1cc2c(F)c(Oc3ncnn4cc(OC[C@H](C)[C@](C)(N)C(=O)O)c(C)c34)ccc2[nH]1. The first-order chi connectivity index (χ1) is 15.1. The van der Waals surface area contributed by atoms with Crippen LogP contribution in [0.4, 0.5) is 4.39 Å². The third kappa shape index (κ3) is 3.62. The molecule has 0 radical (unpaired) electrons. The summed E-state index contributed by atoms with van der Waals surface area (Å²) in [5, 5.41) is 13.9. The monoisotopic (exact) mass is 441 g/mol. The van der Waals surface area contributed by atoms with E-state index in [1.807, 2.05) is 6.92 Å². The molecule has 10 heteroatoms. The highest BCUT2D eigenvalue weighted by Crippen LogP contribution is 2.35. The number of fused-ring (bicyclic) bond motifs is 2. The van der Waals surface area contributed by atoms with Crippen molar-refractivity contribution >= 4 is 22.4 Å². The molecule has 0 aliphatic rings. The van der Waals surface area contributed by atoms with E-state index in [4.69, 9.17) is 15.2 Å². The minimum atomic E-state index is -1.44. The van der Waals surface area contributed by atoms with Gasteiger partial charge in [-0.25, -0.2) is 8.91 Å². The van der Waals surface area contributed by atoms with Gasteiger partial charge in [-0.3, -0.25) is 4.79 Å². The van der Waals surface area contributed by atoms with Crippen LogP contribution in [0.3, 0.4) is 0 Å². The molecule has 0 aliphatic heterocycles. The highest BCUT2D eigenvalue weighted by atomic mass is 19.1. The van der Waals surface area contributed by atoms with Crippen molar-refractivity contribution in [2.75, 3.05) is 6.61 Å². The van der Waals surface area contributed by atoms with Gasteiger partial charge < -0.3 is 25.3 Å². The van der Waals surface area contributed by atoms with Crippen molar-refractivity contribution in [2.45, 2.75) is 33.2 Å². The van der Waals surface area contributed by atoms with Gasteiger partial charge in [0.2, 0.25) is 5.88 Å². The first-order valence-electron chi connectivity index (χ1n) is 10.0. The number of hydrogen-bond donors (Lipinski definition) is 3. The number of aryl methyl sites for hydroxylation is 2. The molecule has 1 aromatic carbocycles. The lowest BCUT2D eigenvalue weighted by Crippen LogP contribution is -2.52. The van der Waals surface area contributed by atoms with Crippen LogP contribution >= 0.6 is 0 Å². The summed E-state index contributed by atoms with van der Waals surface area (Å²) in [7, 11) is 0. The van der Waals surface area contributed by atoms with Crippen molar-refractivity contribution in [3.63, 3.8) is 0 Å². The van der Waals surface area contributed by atoms with Crippen LogP contribution in [0.1, 0.15) is 25.1 Å². The zero-order valence-electron chi connectivity index (χ0n) is 18.1. The lowest BCUT2D eigenvalue weighted by Gasteiger charge is -2.26. The van der Waals surface area contributed by atoms with Crippen molar-refractivity contribution in [1.82, 2.24) is 19.6 Å². The zero-order valence-corrected chi connectivity index (χ0v) is 18.1. The topological polar surface area (TPSA) is 128 Å². The van der Waals surface area contributed by atoms with E-state index in [1.54, 1.807) is 32.2 Å². The summed E-state index contributed by atoms with van der Waals surface area (Å²) in [6.45, 7) is 6.87. The summed E-state index contributed by atoms with van der Waals surface area (Å²) >= 11 is 0. The van der Waals surface area contributed by atoms with Gasteiger partial charge in [0, 0.05) is 28.1 Å². The number of carboxylic acid groups (broad SMARTS) is 1. The van der Waals surface area contributed by atoms with Gasteiger partial charge >= 0.3 is 5.97 Å². The molecule has 9 nitrogen and oxygen atoms in total. The Hall–Kier alpha value is -3.66. The number of aromatic amines is 1. The average molecular weight is 441 g/mol. The molecule has 0 spiro atoms. The Balaban J connectivity index is 1.64. The van der Waals surface area contributed by atoms with Gasteiger partial charge in [-0.1, -0.05) is 6.92 Å². The van der Waals surface area contributed by atoms with Gasteiger partial charge in [-0.05, 0) is 39.0 Å². The number of benzene rings is 1. The van der Waals surface area contributed by atoms with E-state index >= 15 is 0 Å². The zero-order chi connectivity index (χ0) is 23.2. The summed E-state index contributed by atoms with van der Waals surface area (Å²) in [6.07, 6.45) is 2.93. The summed E-state index contributed by atoms with van der Waals surface area (Å²) in [5.74, 6) is -1.38. The summed E-state index contributed by atoms with van der Waals surface area (Å²) < 4.78 is 28.2. The van der Waals surface area contributed by atoms with Crippen molar-refractivity contribution in [2.24, 2.45) is 11.7 Å². The minimum absolute atomic E-state index is 0.0362. The lowest BCUT2D eigenvalue weighted by atomic mass is 9.89. The van der Waals surface area contributed by atoms with Crippen molar-refractivity contribution in [3.05, 3.63) is 47.8 Å². The Morgan fingerprint density at radius 1 is 1.38 bits per heavy atom. The summed E-state index contributed by atoms with van der Waals surface area (Å²) in [4.78, 5) is 18.6. The highest BCUT2D eigenvalue weighted by Gasteiger charge is 2.35. The van der Waals surface area contributed by atoms with E-state index in [-0.39, 0.29) is 18.2 Å². The molecule has 3 aromatic heterocycles. The molecule has 0 unspecified atom stereocenters. The molecular weight excluding hydrogens is 417 g/mol. The second-order valence-electron chi connectivity index (χ2n) is 8.17. The van der Waals surface area contributed by atoms with Gasteiger partial charge in [0.1, 0.15) is 23.1 Å². The van der Waals surface area contributed by atoms with Crippen molar-refractivity contribution in [1.29, 1.82) is 0 Å². The van der Waals surface area contributed by atoms with Crippen LogP contribution in [-0.2, 0) is 4.79 Å². The Bertz CT molecular complexity index is 1330. The number of nitrogens with one attached hydrogen (secondary N) is 1. The molecule has 4 rings (SSSR count). The molecule has 0 saturated carbocycles. The molecule has 0 bridgehead atoms. The number of nitrogens with zero attached hydrogens (tertiary/aromatic N) is 3. The number of carboxylic acids is 1. The maximum absolute atomic E-state index is 15.0. The molecule has 0 amide bonds. The Morgan fingerprint density at radius 2 is 2.12 bits per heavy atom. The summed E-state index contributed by atoms with van der Waals surface area (Å²) in [5.41, 5.74) is 7.14. The van der Waals surface area contributed by atoms with Gasteiger partial charge in [0.15, 0.2) is 11.6 Å². The van der Waals surface area contributed by atoms with E-state index in [9.17, 15) is 14.3 Å². The molecule has 2 atom stereocenters. The first kappa shape index (κ1) is 21.6. The largest absolute Gasteiger partial charge is 0.491 e. The third-order valence-corrected chi connectivity index (χ3v) is 5.76. The molecule has 3 heterocycles. The Labute approximate surface area is 183 Å². The molecule has 0 fully saturated rings. The average Bonchev–Trinajstić information content (AvgIpc) is 3.28. The quantitative estimate of drug-likeness (QED) is 0.400. The predicted molar refractivity (Wildman–Crippen MR) is 116 cm³/mol. The minimum Gasteiger partial charge on any atom is -0.491 e. The molecule has 4 N–H and O–H groups in total. The first-order valence-corrected chi connectivity index (χ1v) is 10.0. The lowest BCUT2D eigenvalue weighted by molar-refractivity contribution is -0.145. The number of H-pyrrole nitrogens is 1. The van der Waals surface area contributed by atoms with Gasteiger partial charge in [-0.2, -0.15) is 10.1 Å². The third-order valence-electron chi connectivity index (χ3n) is 5.76. The number of aromatic nitrogens is 4. The van der Waals surface area contributed by atoms with E-state index < -0.39 is 23.2 Å². The number of rotatable bonds is 7. The van der Waals surface area contributed by atoms with Crippen LogP contribution in [0.15, 0.2) is 30.7 Å². The number of carbonyl (C=O) groups is 1. The number of halogens is 1. The molecule has 0 saturated heterocycles. The van der Waals surface area contributed by atoms with E-state index in [0.717, 1.165) is 5.69 Å². The molecule has 32 heavy (non-hydrogen) atoms. The number of hydrogen-bond acceptors (Lipinski definition) is 6. The fraction of sp³-hybridized carbons (Fsp3) is 0.318. The molecule has 168 valence electrons. The predicted octanol–water partition coefficient (Wildman–Crippen LogP) is 3.58. The number of nitrogens with two attached hydrogens (primary N) is 1. The van der Waals surface area contributed by atoms with E-state index in [0.29, 0.717) is 27.7 Å². The fourth-order valence-electron chi connectivity index (χ4n) is 3.40. The van der Waals surface area contributed by atoms with E-state index in [1.165, 1.54) is 23.8 Å². The standard InChI is InChI=1S/C22H24FN5O4/c1-11(22(4,24)21(29)30)9-31-17-8-28-19(13(17)3)20(25-10-26-28)32-16-6-5-15-14(18(16)23)7-12(2)27-15/h5-8,10-11,27H,9,24H2,1-4H3,(H,29,30)/t11-,22-/m0/s1. The normalized spacial score (nSPS) is 14.4. The smallest absolute Gasteiger partial charge is 0.323 e. The second-order valence-corrected chi connectivity index (χ2v) is 8.17. The molecule has 0 aliphatic carbocycles. The second kappa shape index (κ2) is 7.79. The summed E-state index contributed by atoms with van der Waals surface area (Å²) in [6, 6.07) is 4.99. The Kier molecular flexibility index (Phi) is 5.25.